The van der Waals surface area contributed by atoms with Crippen molar-refractivity contribution in [3.63, 3.8) is 0 Å². The lowest BCUT2D eigenvalue weighted by Gasteiger charge is -2.20. The summed E-state index contributed by atoms with van der Waals surface area (Å²) in [5.74, 6) is 0.981. The standard InChI is InChI=1S/C13H16ClFO2S/c14-8-12(11-5-6-18(16,17)9-11)7-10-1-3-13(15)4-2-10/h1-4,11-12H,5-9H2. The molecule has 0 radical (unpaired) electrons. The predicted octanol–water partition coefficient (Wildman–Crippen LogP) is 2.66. The van der Waals surface area contributed by atoms with Crippen LogP contribution >= 0.6 is 11.6 Å². The first kappa shape index (κ1) is 13.8. The highest BCUT2D eigenvalue weighted by atomic mass is 35.5. The van der Waals surface area contributed by atoms with Gasteiger partial charge in [0.2, 0.25) is 0 Å². The van der Waals surface area contributed by atoms with Gasteiger partial charge in [-0.25, -0.2) is 12.8 Å². The lowest BCUT2D eigenvalue weighted by atomic mass is 9.88. The lowest BCUT2D eigenvalue weighted by Crippen LogP contribution is -2.20. The summed E-state index contributed by atoms with van der Waals surface area (Å²) in [5.41, 5.74) is 1.01. The molecule has 0 aliphatic carbocycles. The molecule has 1 saturated heterocycles. The summed E-state index contributed by atoms with van der Waals surface area (Å²) in [6, 6.07) is 6.31. The average molecular weight is 291 g/mol. The molecule has 0 amide bonds. The minimum absolute atomic E-state index is 0.137. The van der Waals surface area contributed by atoms with Crippen LogP contribution in [0, 0.1) is 17.7 Å². The van der Waals surface area contributed by atoms with E-state index in [-0.39, 0.29) is 29.2 Å². The number of rotatable bonds is 4. The maximum Gasteiger partial charge on any atom is 0.150 e. The van der Waals surface area contributed by atoms with Crippen LogP contribution in [0.4, 0.5) is 4.39 Å². The quantitative estimate of drug-likeness (QED) is 0.799. The van der Waals surface area contributed by atoms with Crippen molar-refractivity contribution in [2.24, 2.45) is 11.8 Å². The van der Waals surface area contributed by atoms with Gasteiger partial charge in [-0.1, -0.05) is 12.1 Å². The highest BCUT2D eigenvalue weighted by Crippen LogP contribution is 2.29. The number of halogens is 2. The molecule has 0 N–H and O–H groups in total. The Morgan fingerprint density at radius 2 is 2.00 bits per heavy atom. The van der Waals surface area contributed by atoms with Gasteiger partial charge in [-0.3, -0.25) is 0 Å². The van der Waals surface area contributed by atoms with Crippen molar-refractivity contribution >= 4 is 21.4 Å². The van der Waals surface area contributed by atoms with Crippen LogP contribution in [0.5, 0.6) is 0 Å². The molecule has 1 aliphatic rings. The number of hydrogen-bond donors (Lipinski definition) is 0. The first-order valence-corrected chi connectivity index (χ1v) is 8.36. The van der Waals surface area contributed by atoms with Crippen LogP contribution in [0.15, 0.2) is 24.3 Å². The molecule has 1 aromatic rings. The van der Waals surface area contributed by atoms with Gasteiger partial charge in [-0.2, -0.15) is 0 Å². The van der Waals surface area contributed by atoms with Gasteiger partial charge in [0.25, 0.3) is 0 Å². The van der Waals surface area contributed by atoms with Gasteiger partial charge in [-0.05, 0) is 42.4 Å². The minimum atomic E-state index is -2.87. The van der Waals surface area contributed by atoms with Gasteiger partial charge in [-0.15, -0.1) is 11.6 Å². The summed E-state index contributed by atoms with van der Waals surface area (Å²) in [5, 5.41) is 0. The fourth-order valence-electron chi connectivity index (χ4n) is 2.47. The first-order chi connectivity index (χ1) is 8.50. The Hall–Kier alpha value is -0.610. The summed E-state index contributed by atoms with van der Waals surface area (Å²) in [7, 11) is -2.87. The van der Waals surface area contributed by atoms with Crippen molar-refractivity contribution in [3.8, 4) is 0 Å². The maximum absolute atomic E-state index is 12.8. The summed E-state index contributed by atoms with van der Waals surface area (Å²) >= 11 is 5.95. The Bertz CT molecular complexity index is 498. The predicted molar refractivity (Wildman–Crippen MR) is 71.1 cm³/mol. The van der Waals surface area contributed by atoms with Crippen molar-refractivity contribution in [1.29, 1.82) is 0 Å². The number of sulfone groups is 1. The van der Waals surface area contributed by atoms with Crippen LogP contribution in [-0.2, 0) is 16.3 Å². The topological polar surface area (TPSA) is 34.1 Å². The molecule has 0 saturated carbocycles. The molecule has 5 heteroatoms. The van der Waals surface area contributed by atoms with E-state index in [1.807, 2.05) is 0 Å². The van der Waals surface area contributed by atoms with Gasteiger partial charge < -0.3 is 0 Å². The summed E-state index contributed by atoms with van der Waals surface area (Å²) in [6.07, 6.45) is 1.41. The zero-order valence-electron chi connectivity index (χ0n) is 9.98. The van der Waals surface area contributed by atoms with Gasteiger partial charge in [0, 0.05) is 5.88 Å². The van der Waals surface area contributed by atoms with Crippen LogP contribution in [0.2, 0.25) is 0 Å². The SMILES string of the molecule is O=S1(=O)CCC(C(CCl)Cc2ccc(F)cc2)C1. The lowest BCUT2D eigenvalue weighted by molar-refractivity contribution is 0.397. The van der Waals surface area contributed by atoms with Crippen LogP contribution in [0.1, 0.15) is 12.0 Å². The molecule has 2 rings (SSSR count). The van der Waals surface area contributed by atoms with Gasteiger partial charge in [0.1, 0.15) is 5.82 Å². The summed E-state index contributed by atoms with van der Waals surface area (Å²) in [4.78, 5) is 0. The van der Waals surface area contributed by atoms with Crippen LogP contribution in [0.25, 0.3) is 0 Å². The second-order valence-electron chi connectivity index (χ2n) is 4.91. The molecule has 2 nitrogen and oxygen atoms in total. The summed E-state index contributed by atoms with van der Waals surface area (Å²) < 4.78 is 35.7. The highest BCUT2D eigenvalue weighted by molar-refractivity contribution is 7.91. The molecule has 0 aromatic heterocycles. The third-order valence-electron chi connectivity index (χ3n) is 3.54. The van der Waals surface area contributed by atoms with E-state index < -0.39 is 9.84 Å². The van der Waals surface area contributed by atoms with Gasteiger partial charge in [0.05, 0.1) is 11.5 Å². The molecule has 18 heavy (non-hydrogen) atoms. The second-order valence-corrected chi connectivity index (χ2v) is 7.45. The van der Waals surface area contributed by atoms with E-state index in [4.69, 9.17) is 11.6 Å². The molecule has 0 bridgehead atoms. The van der Waals surface area contributed by atoms with Crippen molar-refractivity contribution in [2.75, 3.05) is 17.4 Å². The molecule has 1 heterocycles. The van der Waals surface area contributed by atoms with E-state index in [0.29, 0.717) is 18.7 Å². The normalized spacial score (nSPS) is 24.0. The molecule has 1 fully saturated rings. The largest absolute Gasteiger partial charge is 0.229 e. The monoisotopic (exact) mass is 290 g/mol. The smallest absolute Gasteiger partial charge is 0.150 e. The molecular weight excluding hydrogens is 275 g/mol. The van der Waals surface area contributed by atoms with Crippen molar-refractivity contribution in [2.45, 2.75) is 12.8 Å². The van der Waals surface area contributed by atoms with Crippen LogP contribution in [0.3, 0.4) is 0 Å². The number of benzene rings is 1. The Kier molecular flexibility index (Phi) is 4.28. The summed E-state index contributed by atoms with van der Waals surface area (Å²) in [6.45, 7) is 0. The fraction of sp³-hybridized carbons (Fsp3) is 0.538. The number of alkyl halides is 1. The maximum atomic E-state index is 12.8. The molecule has 0 spiro atoms. The second kappa shape index (κ2) is 5.57. The average Bonchev–Trinajstić information content (AvgIpc) is 2.69. The van der Waals surface area contributed by atoms with E-state index in [2.05, 4.69) is 0 Å². The van der Waals surface area contributed by atoms with Crippen molar-refractivity contribution in [1.82, 2.24) is 0 Å². The van der Waals surface area contributed by atoms with Gasteiger partial charge in [0.15, 0.2) is 9.84 Å². The van der Waals surface area contributed by atoms with E-state index in [1.165, 1.54) is 12.1 Å². The minimum Gasteiger partial charge on any atom is -0.229 e. The third-order valence-corrected chi connectivity index (χ3v) is 5.73. The molecule has 1 aliphatic heterocycles. The van der Waals surface area contributed by atoms with Crippen LogP contribution < -0.4 is 0 Å². The van der Waals surface area contributed by atoms with Crippen molar-refractivity contribution in [3.05, 3.63) is 35.6 Å². The Labute approximate surface area is 112 Å². The van der Waals surface area contributed by atoms with Crippen molar-refractivity contribution < 1.29 is 12.8 Å². The number of hydrogen-bond acceptors (Lipinski definition) is 2. The molecular formula is C13H16ClFO2S. The van der Waals surface area contributed by atoms with E-state index >= 15 is 0 Å². The molecule has 1 aromatic carbocycles. The molecule has 100 valence electrons. The van der Waals surface area contributed by atoms with E-state index in [0.717, 1.165) is 5.56 Å². The zero-order valence-corrected chi connectivity index (χ0v) is 11.6. The van der Waals surface area contributed by atoms with Gasteiger partial charge >= 0.3 is 0 Å². The molecule has 2 atom stereocenters. The zero-order chi connectivity index (χ0) is 13.2. The van der Waals surface area contributed by atoms with E-state index in [9.17, 15) is 12.8 Å². The van der Waals surface area contributed by atoms with Crippen LogP contribution in [-0.4, -0.2) is 25.8 Å². The Morgan fingerprint density at radius 1 is 1.33 bits per heavy atom. The van der Waals surface area contributed by atoms with E-state index in [1.54, 1.807) is 12.1 Å². The fourth-order valence-corrected chi connectivity index (χ4v) is 4.75. The third kappa shape index (κ3) is 3.45. The Balaban J connectivity index is 2.04. The highest BCUT2D eigenvalue weighted by Gasteiger charge is 2.33. The molecule has 2 unspecified atom stereocenters. The Morgan fingerprint density at radius 3 is 2.50 bits per heavy atom. The first-order valence-electron chi connectivity index (χ1n) is 6.01.